The Labute approximate surface area is 70.4 Å². The van der Waals surface area contributed by atoms with Crippen molar-refractivity contribution in [2.45, 2.75) is 38.9 Å². The molecule has 0 atom stereocenters. The quantitative estimate of drug-likeness (QED) is 0.565. The van der Waals surface area contributed by atoms with E-state index in [0.29, 0.717) is 0 Å². The monoisotopic (exact) mass is 206 g/mol. The molecule has 1 aliphatic heterocycles. The Balaban J connectivity index is 2.78. The summed E-state index contributed by atoms with van der Waals surface area (Å²) in [6.45, 7) is 8.09. The number of hydrogen-bond acceptors (Lipinski definition) is 2. The summed E-state index contributed by atoms with van der Waals surface area (Å²) >= 11 is 3.24. The highest BCUT2D eigenvalue weighted by Crippen LogP contribution is 2.37. The van der Waals surface area contributed by atoms with Crippen LogP contribution >= 0.6 is 15.8 Å². The predicted octanol–water partition coefficient (Wildman–Crippen LogP) is 1.97. The molecule has 1 rings (SSSR count). The fraction of sp³-hybridized carbons (Fsp3) is 1.00. The van der Waals surface area contributed by atoms with Crippen LogP contribution < -0.4 is 0 Å². The molecule has 58 valence electrons. The number of halogens is 1. The van der Waals surface area contributed by atoms with Crippen LogP contribution in [0, 0.1) is 0 Å². The minimum absolute atomic E-state index is 0.207. The van der Waals surface area contributed by atoms with Gasteiger partial charge in [-0.2, -0.15) is 0 Å². The van der Waals surface area contributed by atoms with Gasteiger partial charge in [-0.05, 0) is 27.7 Å². The molecule has 0 bridgehead atoms. The van der Waals surface area contributed by atoms with Crippen LogP contribution in [0.5, 0.6) is 0 Å². The molecule has 1 aliphatic rings. The lowest BCUT2D eigenvalue weighted by atomic mass is 9.90. The van der Waals surface area contributed by atoms with Crippen LogP contribution in [0.2, 0.25) is 0 Å². The molecule has 0 aliphatic carbocycles. The molecule has 2 nitrogen and oxygen atoms in total. The van der Waals surface area contributed by atoms with Crippen molar-refractivity contribution in [1.82, 2.24) is 0 Å². The van der Waals surface area contributed by atoms with Crippen LogP contribution in [0.1, 0.15) is 27.7 Å². The van der Waals surface area contributed by atoms with Gasteiger partial charge in [-0.3, -0.25) is 0 Å². The van der Waals surface area contributed by atoms with Crippen LogP contribution in [-0.2, 0) is 9.31 Å². The molecule has 0 saturated carbocycles. The molecule has 0 radical (unpaired) electrons. The lowest BCUT2D eigenvalue weighted by Crippen LogP contribution is -2.41. The first-order valence-corrected chi connectivity index (χ1v) is 4.26. The summed E-state index contributed by atoms with van der Waals surface area (Å²) in [6, 6.07) is 0. The van der Waals surface area contributed by atoms with E-state index in [9.17, 15) is 0 Å². The van der Waals surface area contributed by atoms with E-state index in [-0.39, 0.29) is 17.1 Å². The Bertz CT molecular complexity index is 131. The van der Waals surface area contributed by atoms with Gasteiger partial charge in [0.25, 0.3) is 0 Å². The standard InChI is InChI=1S/C6H12BBrO2/c1-5(2)6(3,4)10-7(8)9-5/h1-4H3. The van der Waals surface area contributed by atoms with Crippen LogP contribution in [0.25, 0.3) is 0 Å². The zero-order valence-corrected chi connectivity index (χ0v) is 8.36. The highest BCUT2D eigenvalue weighted by molar-refractivity contribution is 9.24. The van der Waals surface area contributed by atoms with Gasteiger partial charge in [0.2, 0.25) is 0 Å². The van der Waals surface area contributed by atoms with Gasteiger partial charge in [0.1, 0.15) is 0 Å². The summed E-state index contributed by atoms with van der Waals surface area (Å²) in [5.41, 5.74) is -0.414. The third kappa shape index (κ3) is 1.25. The van der Waals surface area contributed by atoms with E-state index in [0.717, 1.165) is 0 Å². The SMILES string of the molecule is CC1(C)OB(Br)OC1(C)C. The summed E-state index contributed by atoms with van der Waals surface area (Å²) in [4.78, 5) is 0. The van der Waals surface area contributed by atoms with Crippen molar-refractivity contribution in [3.63, 3.8) is 0 Å². The molecule has 0 amide bonds. The maximum Gasteiger partial charge on any atom is 0.540 e. The first-order valence-electron chi connectivity index (χ1n) is 3.35. The second-order valence-electron chi connectivity index (χ2n) is 3.53. The van der Waals surface area contributed by atoms with E-state index in [1.54, 1.807) is 0 Å². The van der Waals surface area contributed by atoms with Gasteiger partial charge < -0.3 is 9.31 Å². The maximum atomic E-state index is 5.46. The van der Waals surface area contributed by atoms with Crippen LogP contribution in [-0.4, -0.2) is 17.1 Å². The molecule has 0 aromatic carbocycles. The maximum absolute atomic E-state index is 5.46. The van der Waals surface area contributed by atoms with E-state index in [1.807, 2.05) is 27.7 Å². The lowest BCUT2D eigenvalue weighted by Gasteiger charge is -2.32. The molecule has 0 aromatic rings. The summed E-state index contributed by atoms with van der Waals surface area (Å²) in [7, 11) is 0. The highest BCUT2D eigenvalue weighted by Gasteiger charge is 2.50. The Morgan fingerprint density at radius 1 is 1.00 bits per heavy atom. The van der Waals surface area contributed by atoms with Gasteiger partial charge in [0, 0.05) is 0 Å². The lowest BCUT2D eigenvalue weighted by molar-refractivity contribution is 0.00578. The Hall–Kier alpha value is 0.465. The number of rotatable bonds is 0. The molecular formula is C6H12BBrO2. The van der Waals surface area contributed by atoms with Gasteiger partial charge in [-0.15, -0.1) is 0 Å². The molecule has 1 heterocycles. The van der Waals surface area contributed by atoms with Gasteiger partial charge in [-0.1, -0.05) is 15.8 Å². The second-order valence-corrected chi connectivity index (χ2v) is 4.28. The zero-order chi connectivity index (χ0) is 7.99. The van der Waals surface area contributed by atoms with Crippen molar-refractivity contribution in [1.29, 1.82) is 0 Å². The summed E-state index contributed by atoms with van der Waals surface area (Å²) in [5.74, 6) is -0.252. The molecule has 0 N–H and O–H groups in total. The fourth-order valence-corrected chi connectivity index (χ4v) is 1.71. The topological polar surface area (TPSA) is 18.5 Å². The average molecular weight is 207 g/mol. The third-order valence-corrected chi connectivity index (χ3v) is 2.60. The van der Waals surface area contributed by atoms with E-state index in [1.165, 1.54) is 0 Å². The first-order chi connectivity index (χ1) is 4.35. The highest BCUT2D eigenvalue weighted by atomic mass is 79.9. The Kier molecular flexibility index (Phi) is 1.90. The smallest absolute Gasteiger partial charge is 0.394 e. The fourth-order valence-electron chi connectivity index (χ4n) is 0.771. The average Bonchev–Trinajstić information content (AvgIpc) is 1.73. The van der Waals surface area contributed by atoms with Crippen molar-refractivity contribution < 1.29 is 9.31 Å². The summed E-state index contributed by atoms with van der Waals surface area (Å²) in [6.07, 6.45) is 0. The van der Waals surface area contributed by atoms with E-state index >= 15 is 0 Å². The normalized spacial score (nSPS) is 29.1. The molecule has 0 spiro atoms. The van der Waals surface area contributed by atoms with Gasteiger partial charge in [0.15, 0.2) is 0 Å². The van der Waals surface area contributed by atoms with Crippen molar-refractivity contribution in [3.05, 3.63) is 0 Å². The molecule has 10 heavy (non-hydrogen) atoms. The van der Waals surface area contributed by atoms with Crippen molar-refractivity contribution >= 4 is 21.7 Å². The minimum Gasteiger partial charge on any atom is -0.394 e. The van der Waals surface area contributed by atoms with Crippen LogP contribution in [0.15, 0.2) is 0 Å². The second kappa shape index (κ2) is 2.22. The van der Waals surface area contributed by atoms with Crippen LogP contribution in [0.3, 0.4) is 0 Å². The van der Waals surface area contributed by atoms with Crippen LogP contribution in [0.4, 0.5) is 0 Å². The zero-order valence-electron chi connectivity index (χ0n) is 6.77. The van der Waals surface area contributed by atoms with E-state index in [4.69, 9.17) is 9.31 Å². The molecular weight excluding hydrogens is 195 g/mol. The van der Waals surface area contributed by atoms with E-state index in [2.05, 4.69) is 15.8 Å². The van der Waals surface area contributed by atoms with Crippen molar-refractivity contribution in [3.8, 4) is 0 Å². The molecule has 4 heteroatoms. The minimum atomic E-state index is -0.252. The molecule has 0 aromatic heterocycles. The molecule has 1 fully saturated rings. The number of hydrogen-bond donors (Lipinski definition) is 0. The summed E-state index contributed by atoms with van der Waals surface area (Å²) in [5, 5.41) is 0. The van der Waals surface area contributed by atoms with Crippen molar-refractivity contribution in [2.75, 3.05) is 0 Å². The molecule has 1 saturated heterocycles. The van der Waals surface area contributed by atoms with Gasteiger partial charge in [0.05, 0.1) is 11.2 Å². The Morgan fingerprint density at radius 2 is 1.30 bits per heavy atom. The third-order valence-electron chi connectivity index (χ3n) is 2.22. The predicted molar refractivity (Wildman–Crippen MR) is 45.0 cm³/mol. The van der Waals surface area contributed by atoms with Gasteiger partial charge in [-0.25, -0.2) is 0 Å². The van der Waals surface area contributed by atoms with E-state index < -0.39 is 0 Å². The van der Waals surface area contributed by atoms with Gasteiger partial charge >= 0.3 is 5.94 Å². The van der Waals surface area contributed by atoms with Crippen molar-refractivity contribution in [2.24, 2.45) is 0 Å². The summed E-state index contributed by atoms with van der Waals surface area (Å²) < 4.78 is 10.9. The Morgan fingerprint density at radius 3 is 1.40 bits per heavy atom. The largest absolute Gasteiger partial charge is 0.540 e. The first kappa shape index (κ1) is 8.56. The molecule has 0 unspecified atom stereocenters.